The monoisotopic (exact) mass is 322 g/mol. The van der Waals surface area contributed by atoms with Crippen LogP contribution >= 0.6 is 0 Å². The van der Waals surface area contributed by atoms with Gasteiger partial charge in [-0.2, -0.15) is 0 Å². The Labute approximate surface area is 139 Å². The molecule has 0 saturated heterocycles. The zero-order valence-corrected chi connectivity index (χ0v) is 13.2. The molecule has 0 radical (unpaired) electrons. The molecule has 0 aliphatic carbocycles. The summed E-state index contributed by atoms with van der Waals surface area (Å²) in [5.41, 5.74) is 3.30. The molecule has 3 aromatic rings. The Balaban J connectivity index is 1.79. The fraction of sp³-hybridized carbons (Fsp3) is 0.158. The predicted octanol–water partition coefficient (Wildman–Crippen LogP) is 2.90. The summed E-state index contributed by atoms with van der Waals surface area (Å²) in [4.78, 5) is 27.0. The Hall–Kier alpha value is -3.08. The molecule has 0 aliphatic rings. The molecule has 0 aliphatic heterocycles. The van der Waals surface area contributed by atoms with Crippen molar-refractivity contribution in [1.82, 2.24) is 10.3 Å². The van der Waals surface area contributed by atoms with E-state index in [9.17, 15) is 14.7 Å². The van der Waals surface area contributed by atoms with Crippen LogP contribution in [-0.2, 0) is 11.2 Å². The molecular formula is C19H18N2O3. The highest BCUT2D eigenvalue weighted by Gasteiger charge is 2.22. The fourth-order valence-electron chi connectivity index (χ4n) is 2.67. The molecule has 0 spiro atoms. The third-order valence-electron chi connectivity index (χ3n) is 4.02. The molecule has 1 heterocycles. The minimum atomic E-state index is -1.05. The van der Waals surface area contributed by atoms with Gasteiger partial charge in [0, 0.05) is 29.1 Å². The van der Waals surface area contributed by atoms with E-state index in [0.717, 1.165) is 22.0 Å². The molecule has 3 N–H and O–H groups in total. The smallest absolute Gasteiger partial charge is 0.326 e. The first-order valence-corrected chi connectivity index (χ1v) is 7.70. The van der Waals surface area contributed by atoms with Crippen molar-refractivity contribution in [2.45, 2.75) is 19.4 Å². The maximum atomic E-state index is 12.3. The van der Waals surface area contributed by atoms with E-state index in [1.54, 1.807) is 18.3 Å². The molecule has 5 heteroatoms. The Morgan fingerprint density at radius 3 is 2.54 bits per heavy atom. The van der Waals surface area contributed by atoms with Gasteiger partial charge in [0.25, 0.3) is 5.91 Å². The molecule has 1 aromatic heterocycles. The number of para-hydroxylation sites is 1. The van der Waals surface area contributed by atoms with E-state index in [0.29, 0.717) is 5.56 Å². The molecule has 0 bridgehead atoms. The van der Waals surface area contributed by atoms with Gasteiger partial charge in [0.05, 0.1) is 0 Å². The summed E-state index contributed by atoms with van der Waals surface area (Å²) in [6.45, 7) is 1.93. The number of aliphatic carboxylic acids is 1. The number of rotatable bonds is 5. The van der Waals surface area contributed by atoms with Gasteiger partial charge in [-0.15, -0.1) is 0 Å². The number of carbonyl (C=O) groups excluding carboxylic acids is 1. The average molecular weight is 322 g/mol. The van der Waals surface area contributed by atoms with Crippen LogP contribution in [0.1, 0.15) is 21.5 Å². The topological polar surface area (TPSA) is 82.2 Å². The van der Waals surface area contributed by atoms with E-state index in [1.807, 2.05) is 43.3 Å². The molecule has 122 valence electrons. The zero-order valence-electron chi connectivity index (χ0n) is 13.2. The standard InChI is InChI=1S/C19H18N2O3/c1-12-6-8-13(9-7-12)18(22)21-17(19(23)24)10-14-11-20-16-5-3-2-4-15(14)16/h2-9,11,17,20H,10H2,1H3,(H,21,22)(H,23,24)/t17-/m1/s1. The molecule has 1 atom stereocenters. The summed E-state index contributed by atoms with van der Waals surface area (Å²) in [5, 5.41) is 13.0. The van der Waals surface area contributed by atoms with Crippen molar-refractivity contribution in [3.8, 4) is 0 Å². The summed E-state index contributed by atoms with van der Waals surface area (Å²) in [6, 6.07) is 13.7. The average Bonchev–Trinajstić information content (AvgIpc) is 2.98. The van der Waals surface area contributed by atoms with Crippen molar-refractivity contribution in [2.75, 3.05) is 0 Å². The van der Waals surface area contributed by atoms with Crippen molar-refractivity contribution in [3.63, 3.8) is 0 Å². The van der Waals surface area contributed by atoms with Crippen molar-refractivity contribution in [3.05, 3.63) is 71.4 Å². The largest absolute Gasteiger partial charge is 0.480 e. The highest BCUT2D eigenvalue weighted by atomic mass is 16.4. The number of fused-ring (bicyclic) bond motifs is 1. The lowest BCUT2D eigenvalue weighted by molar-refractivity contribution is -0.139. The SMILES string of the molecule is Cc1ccc(C(=O)N[C@H](Cc2c[nH]c3ccccc23)C(=O)O)cc1. The molecule has 2 aromatic carbocycles. The third-order valence-corrected chi connectivity index (χ3v) is 4.02. The number of amides is 1. The van der Waals surface area contributed by atoms with Crippen LogP contribution in [0.2, 0.25) is 0 Å². The van der Waals surface area contributed by atoms with Gasteiger partial charge < -0.3 is 15.4 Å². The Morgan fingerprint density at radius 2 is 1.83 bits per heavy atom. The number of carbonyl (C=O) groups is 2. The number of aryl methyl sites for hydroxylation is 1. The lowest BCUT2D eigenvalue weighted by Crippen LogP contribution is -2.42. The van der Waals surface area contributed by atoms with Crippen molar-refractivity contribution < 1.29 is 14.7 Å². The Bertz CT molecular complexity index is 881. The minimum absolute atomic E-state index is 0.219. The van der Waals surface area contributed by atoms with Crippen LogP contribution in [-0.4, -0.2) is 28.0 Å². The van der Waals surface area contributed by atoms with Gasteiger partial charge in [0.1, 0.15) is 6.04 Å². The van der Waals surface area contributed by atoms with Crippen LogP contribution in [0.25, 0.3) is 10.9 Å². The van der Waals surface area contributed by atoms with Gasteiger partial charge in [-0.1, -0.05) is 35.9 Å². The zero-order chi connectivity index (χ0) is 17.1. The maximum Gasteiger partial charge on any atom is 0.326 e. The summed E-state index contributed by atoms with van der Waals surface area (Å²) >= 11 is 0. The van der Waals surface area contributed by atoms with Gasteiger partial charge in [-0.3, -0.25) is 4.79 Å². The number of carboxylic acid groups (broad SMARTS) is 1. The number of aromatic nitrogens is 1. The lowest BCUT2D eigenvalue weighted by Gasteiger charge is -2.14. The number of benzene rings is 2. The van der Waals surface area contributed by atoms with E-state index in [-0.39, 0.29) is 12.3 Å². The van der Waals surface area contributed by atoms with Gasteiger partial charge in [-0.05, 0) is 30.7 Å². The van der Waals surface area contributed by atoms with E-state index in [4.69, 9.17) is 0 Å². The van der Waals surface area contributed by atoms with Gasteiger partial charge in [0.2, 0.25) is 0 Å². The van der Waals surface area contributed by atoms with E-state index >= 15 is 0 Å². The van der Waals surface area contributed by atoms with Crippen LogP contribution < -0.4 is 5.32 Å². The summed E-state index contributed by atoms with van der Waals surface area (Å²) in [5.74, 6) is -1.44. The van der Waals surface area contributed by atoms with Crippen molar-refractivity contribution in [1.29, 1.82) is 0 Å². The van der Waals surface area contributed by atoms with Crippen molar-refractivity contribution in [2.24, 2.45) is 0 Å². The van der Waals surface area contributed by atoms with Gasteiger partial charge in [-0.25, -0.2) is 4.79 Å². The summed E-state index contributed by atoms with van der Waals surface area (Å²) < 4.78 is 0. The van der Waals surface area contributed by atoms with Crippen LogP contribution in [0.3, 0.4) is 0 Å². The number of hydrogen-bond donors (Lipinski definition) is 3. The molecule has 1 amide bonds. The second-order valence-corrected chi connectivity index (χ2v) is 5.79. The first-order chi connectivity index (χ1) is 11.5. The van der Waals surface area contributed by atoms with Gasteiger partial charge in [0.15, 0.2) is 0 Å². The number of carboxylic acids is 1. The molecule has 0 fully saturated rings. The number of hydrogen-bond acceptors (Lipinski definition) is 2. The van der Waals surface area contributed by atoms with Crippen LogP contribution in [0.15, 0.2) is 54.7 Å². The molecule has 3 rings (SSSR count). The molecule has 0 saturated carbocycles. The quantitative estimate of drug-likeness (QED) is 0.675. The molecule has 24 heavy (non-hydrogen) atoms. The highest BCUT2D eigenvalue weighted by molar-refractivity contribution is 5.96. The number of nitrogens with one attached hydrogen (secondary N) is 2. The van der Waals surface area contributed by atoms with E-state index in [2.05, 4.69) is 10.3 Å². The van der Waals surface area contributed by atoms with Crippen LogP contribution in [0.5, 0.6) is 0 Å². The van der Waals surface area contributed by atoms with E-state index < -0.39 is 12.0 Å². The minimum Gasteiger partial charge on any atom is -0.480 e. The Morgan fingerprint density at radius 1 is 1.12 bits per heavy atom. The Kier molecular flexibility index (Phi) is 4.33. The van der Waals surface area contributed by atoms with E-state index in [1.165, 1.54) is 0 Å². The maximum absolute atomic E-state index is 12.3. The normalized spacial score (nSPS) is 12.0. The van der Waals surface area contributed by atoms with Crippen LogP contribution in [0.4, 0.5) is 0 Å². The second kappa shape index (κ2) is 6.58. The number of aromatic amines is 1. The first kappa shape index (κ1) is 15.8. The summed E-state index contributed by atoms with van der Waals surface area (Å²) in [6.07, 6.45) is 2.01. The van der Waals surface area contributed by atoms with Crippen LogP contribution in [0, 0.1) is 6.92 Å². The molecule has 0 unspecified atom stereocenters. The first-order valence-electron chi connectivity index (χ1n) is 7.70. The van der Waals surface area contributed by atoms with Crippen molar-refractivity contribution >= 4 is 22.8 Å². The predicted molar refractivity (Wildman–Crippen MR) is 92.1 cm³/mol. The number of H-pyrrole nitrogens is 1. The highest BCUT2D eigenvalue weighted by Crippen LogP contribution is 2.19. The molecule has 5 nitrogen and oxygen atoms in total. The third kappa shape index (κ3) is 3.30. The fourth-order valence-corrected chi connectivity index (χ4v) is 2.67. The lowest BCUT2D eigenvalue weighted by atomic mass is 10.0. The molecular weight excluding hydrogens is 304 g/mol. The summed E-state index contributed by atoms with van der Waals surface area (Å²) in [7, 11) is 0. The van der Waals surface area contributed by atoms with Gasteiger partial charge >= 0.3 is 5.97 Å². The second-order valence-electron chi connectivity index (χ2n) is 5.79.